The second-order valence-corrected chi connectivity index (χ2v) is 5.21. The van der Waals surface area contributed by atoms with E-state index < -0.39 is 11.6 Å². The lowest BCUT2D eigenvalue weighted by Gasteiger charge is -2.12. The maximum Gasteiger partial charge on any atom is 0.165 e. The molecule has 2 rings (SSSR count). The summed E-state index contributed by atoms with van der Waals surface area (Å²) in [6.45, 7) is 0.462. The van der Waals surface area contributed by atoms with Crippen LogP contribution in [-0.2, 0) is 13.0 Å². The first kappa shape index (κ1) is 14.9. The van der Waals surface area contributed by atoms with Crippen LogP contribution in [0.15, 0.2) is 40.9 Å². The Balaban J connectivity index is 2.16. The molecule has 0 fully saturated rings. The molecule has 0 aromatic heterocycles. The van der Waals surface area contributed by atoms with Crippen LogP contribution in [0.1, 0.15) is 11.1 Å². The first-order valence-corrected chi connectivity index (χ1v) is 6.95. The minimum Gasteiger partial charge on any atom is -0.489 e. The minimum atomic E-state index is -0.871. The number of rotatable bonds is 5. The fourth-order valence-corrected chi connectivity index (χ4v) is 2.26. The van der Waals surface area contributed by atoms with Crippen LogP contribution in [0, 0.1) is 11.6 Å². The lowest BCUT2D eigenvalue weighted by atomic mass is 10.1. The van der Waals surface area contributed by atoms with E-state index in [4.69, 9.17) is 10.5 Å². The Morgan fingerprint density at radius 2 is 1.90 bits per heavy atom. The Hall–Kier alpha value is -1.46. The smallest absolute Gasteiger partial charge is 0.165 e. The van der Waals surface area contributed by atoms with E-state index in [9.17, 15) is 8.78 Å². The largest absolute Gasteiger partial charge is 0.489 e. The van der Waals surface area contributed by atoms with E-state index >= 15 is 0 Å². The van der Waals surface area contributed by atoms with Crippen LogP contribution in [-0.4, -0.2) is 6.54 Å². The van der Waals surface area contributed by atoms with E-state index in [0.717, 1.165) is 16.1 Å². The zero-order chi connectivity index (χ0) is 14.5. The van der Waals surface area contributed by atoms with Crippen LogP contribution in [0.25, 0.3) is 0 Å². The lowest BCUT2D eigenvalue weighted by molar-refractivity contribution is 0.294. The SMILES string of the molecule is NCCc1cc(Br)ccc1OCc1cccc(F)c1F. The summed E-state index contributed by atoms with van der Waals surface area (Å²) in [4.78, 5) is 0. The molecule has 2 aromatic rings. The Bertz CT molecular complexity index is 604. The Morgan fingerprint density at radius 1 is 1.10 bits per heavy atom. The van der Waals surface area contributed by atoms with Gasteiger partial charge in [0.05, 0.1) is 0 Å². The summed E-state index contributed by atoms with van der Waals surface area (Å²) < 4.78 is 33.1. The first-order chi connectivity index (χ1) is 9.61. The molecule has 0 aliphatic carbocycles. The first-order valence-electron chi connectivity index (χ1n) is 6.16. The van der Waals surface area contributed by atoms with Gasteiger partial charge in [-0.3, -0.25) is 0 Å². The van der Waals surface area contributed by atoms with Gasteiger partial charge >= 0.3 is 0 Å². The number of nitrogens with two attached hydrogens (primary N) is 1. The molecular weight excluding hydrogens is 328 g/mol. The topological polar surface area (TPSA) is 35.2 Å². The van der Waals surface area contributed by atoms with Crippen LogP contribution < -0.4 is 10.5 Å². The van der Waals surface area contributed by atoms with Gasteiger partial charge < -0.3 is 10.5 Å². The molecule has 0 saturated heterocycles. The lowest BCUT2D eigenvalue weighted by Crippen LogP contribution is -2.06. The molecule has 20 heavy (non-hydrogen) atoms. The highest BCUT2D eigenvalue weighted by Crippen LogP contribution is 2.25. The van der Waals surface area contributed by atoms with Gasteiger partial charge in [0.25, 0.3) is 0 Å². The molecule has 0 amide bonds. The summed E-state index contributed by atoms with van der Waals surface area (Å²) in [7, 11) is 0. The fourth-order valence-electron chi connectivity index (χ4n) is 1.86. The van der Waals surface area contributed by atoms with Crippen LogP contribution in [0.5, 0.6) is 5.75 Å². The molecule has 0 aliphatic heterocycles. The van der Waals surface area contributed by atoms with Gasteiger partial charge in [-0.1, -0.05) is 28.1 Å². The van der Waals surface area contributed by atoms with Gasteiger partial charge in [-0.2, -0.15) is 0 Å². The highest BCUT2D eigenvalue weighted by atomic mass is 79.9. The van der Waals surface area contributed by atoms with E-state index in [2.05, 4.69) is 15.9 Å². The second kappa shape index (κ2) is 6.81. The summed E-state index contributed by atoms with van der Waals surface area (Å²) in [5.74, 6) is -1.11. The molecule has 0 bridgehead atoms. The van der Waals surface area contributed by atoms with Crippen molar-refractivity contribution in [2.45, 2.75) is 13.0 Å². The Labute approximate surface area is 124 Å². The molecule has 0 unspecified atom stereocenters. The summed E-state index contributed by atoms with van der Waals surface area (Å²) >= 11 is 3.38. The van der Waals surface area contributed by atoms with Crippen molar-refractivity contribution in [1.82, 2.24) is 0 Å². The predicted octanol–water partition coefficient (Wildman–Crippen LogP) is 3.81. The summed E-state index contributed by atoms with van der Waals surface area (Å²) in [6.07, 6.45) is 0.653. The maximum atomic E-state index is 13.5. The molecule has 0 aliphatic rings. The van der Waals surface area contributed by atoms with Crippen molar-refractivity contribution in [3.63, 3.8) is 0 Å². The monoisotopic (exact) mass is 341 g/mol. The van der Waals surface area contributed by atoms with E-state index in [1.807, 2.05) is 12.1 Å². The van der Waals surface area contributed by atoms with Gasteiger partial charge in [0.1, 0.15) is 12.4 Å². The average Bonchev–Trinajstić information content (AvgIpc) is 2.42. The Kier molecular flexibility index (Phi) is 5.09. The number of hydrogen-bond donors (Lipinski definition) is 1. The van der Waals surface area contributed by atoms with E-state index in [-0.39, 0.29) is 12.2 Å². The van der Waals surface area contributed by atoms with Gasteiger partial charge in [-0.25, -0.2) is 8.78 Å². The normalized spacial score (nSPS) is 10.6. The molecule has 5 heteroatoms. The molecule has 0 saturated carbocycles. The third-order valence-corrected chi connectivity index (χ3v) is 3.34. The summed E-state index contributed by atoms with van der Waals surface area (Å²) in [5, 5.41) is 0. The van der Waals surface area contributed by atoms with Crippen molar-refractivity contribution < 1.29 is 13.5 Å². The predicted molar refractivity (Wildman–Crippen MR) is 77.6 cm³/mol. The van der Waals surface area contributed by atoms with E-state index in [1.54, 1.807) is 6.07 Å². The minimum absolute atomic E-state index is 0.0250. The van der Waals surface area contributed by atoms with Crippen LogP contribution in [0.4, 0.5) is 8.78 Å². The van der Waals surface area contributed by atoms with Gasteiger partial charge in [-0.15, -0.1) is 0 Å². The summed E-state index contributed by atoms with van der Waals surface area (Å²) in [5.41, 5.74) is 6.67. The van der Waals surface area contributed by atoms with Gasteiger partial charge in [0.2, 0.25) is 0 Å². The molecule has 0 heterocycles. The Morgan fingerprint density at radius 3 is 2.65 bits per heavy atom. The molecule has 106 valence electrons. The zero-order valence-electron chi connectivity index (χ0n) is 10.7. The average molecular weight is 342 g/mol. The van der Waals surface area contributed by atoms with Crippen LogP contribution in [0.3, 0.4) is 0 Å². The maximum absolute atomic E-state index is 13.5. The van der Waals surface area contributed by atoms with Crippen LogP contribution >= 0.6 is 15.9 Å². The summed E-state index contributed by atoms with van der Waals surface area (Å²) in [6, 6.07) is 9.56. The van der Waals surface area contributed by atoms with Gasteiger partial charge in [0.15, 0.2) is 11.6 Å². The van der Waals surface area contributed by atoms with Crippen molar-refractivity contribution >= 4 is 15.9 Å². The van der Waals surface area contributed by atoms with Crippen molar-refractivity contribution in [3.05, 3.63) is 63.6 Å². The number of ether oxygens (including phenoxy) is 1. The van der Waals surface area contributed by atoms with E-state index in [1.165, 1.54) is 12.1 Å². The van der Waals surface area contributed by atoms with Crippen molar-refractivity contribution in [1.29, 1.82) is 0 Å². The molecule has 0 radical (unpaired) electrons. The van der Waals surface area contributed by atoms with Gasteiger partial charge in [0, 0.05) is 10.0 Å². The van der Waals surface area contributed by atoms with Crippen LogP contribution in [0.2, 0.25) is 0 Å². The standard InChI is InChI=1S/C15H14BrF2NO/c16-12-4-5-14(10(8-12)6-7-19)20-9-11-2-1-3-13(17)15(11)18/h1-5,8H,6-7,9,19H2. The second-order valence-electron chi connectivity index (χ2n) is 4.29. The molecule has 0 spiro atoms. The van der Waals surface area contributed by atoms with Crippen molar-refractivity contribution in [2.24, 2.45) is 5.73 Å². The van der Waals surface area contributed by atoms with Crippen molar-refractivity contribution in [3.8, 4) is 5.75 Å². The highest BCUT2D eigenvalue weighted by molar-refractivity contribution is 9.10. The molecule has 2 nitrogen and oxygen atoms in total. The third kappa shape index (κ3) is 3.55. The molecular formula is C15H14BrF2NO. The quantitative estimate of drug-likeness (QED) is 0.897. The van der Waals surface area contributed by atoms with Crippen molar-refractivity contribution in [2.75, 3.05) is 6.54 Å². The molecule has 2 aromatic carbocycles. The number of halogens is 3. The van der Waals surface area contributed by atoms with Gasteiger partial charge in [-0.05, 0) is 42.8 Å². The fraction of sp³-hybridized carbons (Fsp3) is 0.200. The third-order valence-electron chi connectivity index (χ3n) is 2.85. The molecule has 0 atom stereocenters. The number of benzene rings is 2. The van der Waals surface area contributed by atoms with E-state index in [0.29, 0.717) is 18.7 Å². The molecule has 2 N–H and O–H groups in total. The zero-order valence-corrected chi connectivity index (χ0v) is 12.3. The number of hydrogen-bond acceptors (Lipinski definition) is 2. The highest BCUT2D eigenvalue weighted by Gasteiger charge is 2.10.